The van der Waals surface area contributed by atoms with Gasteiger partial charge in [-0.2, -0.15) is 5.10 Å². The molecule has 2 aromatic rings. The van der Waals surface area contributed by atoms with E-state index in [0.29, 0.717) is 33.5 Å². The van der Waals surface area contributed by atoms with E-state index in [4.69, 9.17) is 27.9 Å². The summed E-state index contributed by atoms with van der Waals surface area (Å²) in [5.41, 5.74) is 3.46. The average Bonchev–Trinajstić information content (AvgIpc) is 2.51. The van der Waals surface area contributed by atoms with Gasteiger partial charge in [0.05, 0.1) is 22.9 Å². The summed E-state index contributed by atoms with van der Waals surface area (Å²) in [6, 6.07) is 11.9. The third kappa shape index (κ3) is 4.23. The Hall–Kier alpha value is -2.04. The molecule has 0 bridgehead atoms. The molecular formula is C16H14Cl2N2O2. The van der Waals surface area contributed by atoms with Crippen LogP contribution in [0.2, 0.25) is 10.0 Å². The van der Waals surface area contributed by atoms with Crippen molar-refractivity contribution in [2.45, 2.75) is 6.92 Å². The lowest BCUT2D eigenvalue weighted by Gasteiger charge is -2.04. The number of hydrogen-bond donors (Lipinski definition) is 1. The summed E-state index contributed by atoms with van der Waals surface area (Å²) in [5, 5.41) is 4.80. The molecule has 0 fully saturated rings. The highest BCUT2D eigenvalue weighted by atomic mass is 35.5. The summed E-state index contributed by atoms with van der Waals surface area (Å²) in [7, 11) is 0. The van der Waals surface area contributed by atoms with E-state index in [2.05, 4.69) is 10.5 Å². The molecule has 1 N–H and O–H groups in total. The molecule has 0 heterocycles. The molecule has 0 aliphatic carbocycles. The number of nitrogens with zero attached hydrogens (tertiary/aromatic N) is 1. The number of hydrazone groups is 1. The van der Waals surface area contributed by atoms with Gasteiger partial charge in [-0.05, 0) is 43.3 Å². The van der Waals surface area contributed by atoms with E-state index in [1.54, 1.807) is 42.5 Å². The third-order valence-electron chi connectivity index (χ3n) is 2.79. The van der Waals surface area contributed by atoms with Gasteiger partial charge >= 0.3 is 0 Å². The summed E-state index contributed by atoms with van der Waals surface area (Å²) in [5.74, 6) is 0.382. The van der Waals surface area contributed by atoms with E-state index in [-0.39, 0.29) is 5.91 Å². The van der Waals surface area contributed by atoms with Crippen molar-refractivity contribution in [1.82, 2.24) is 5.43 Å². The fourth-order valence-electron chi connectivity index (χ4n) is 1.72. The molecule has 0 aliphatic rings. The summed E-state index contributed by atoms with van der Waals surface area (Å²) < 4.78 is 5.32. The van der Waals surface area contributed by atoms with Gasteiger partial charge in [-0.25, -0.2) is 5.43 Å². The Morgan fingerprint density at radius 2 is 1.82 bits per heavy atom. The molecule has 2 rings (SSSR count). The molecule has 1 amide bonds. The van der Waals surface area contributed by atoms with Crippen LogP contribution in [-0.2, 0) is 0 Å². The van der Waals surface area contributed by atoms with Crippen LogP contribution in [0.25, 0.3) is 0 Å². The third-order valence-corrected chi connectivity index (χ3v) is 3.45. The van der Waals surface area contributed by atoms with E-state index < -0.39 is 0 Å². The maximum atomic E-state index is 11.9. The van der Waals surface area contributed by atoms with Crippen molar-refractivity contribution < 1.29 is 9.53 Å². The first-order valence-electron chi connectivity index (χ1n) is 6.62. The lowest BCUT2D eigenvalue weighted by molar-refractivity contribution is 0.0955. The number of rotatable bonds is 5. The van der Waals surface area contributed by atoms with Crippen LogP contribution in [0.5, 0.6) is 5.75 Å². The smallest absolute Gasteiger partial charge is 0.271 e. The highest BCUT2D eigenvalue weighted by Gasteiger charge is 2.05. The van der Waals surface area contributed by atoms with Crippen LogP contribution in [0.1, 0.15) is 22.8 Å². The predicted molar refractivity (Wildman–Crippen MR) is 89.1 cm³/mol. The van der Waals surface area contributed by atoms with Crippen LogP contribution in [0.15, 0.2) is 47.6 Å². The van der Waals surface area contributed by atoms with Crippen molar-refractivity contribution in [1.29, 1.82) is 0 Å². The van der Waals surface area contributed by atoms with E-state index in [1.165, 1.54) is 6.21 Å². The number of benzene rings is 2. The van der Waals surface area contributed by atoms with Gasteiger partial charge in [0.25, 0.3) is 5.91 Å². The number of hydrogen-bond acceptors (Lipinski definition) is 3. The molecule has 0 spiro atoms. The minimum absolute atomic E-state index is 0.331. The van der Waals surface area contributed by atoms with Crippen molar-refractivity contribution in [2.75, 3.05) is 6.61 Å². The molecule has 0 aliphatic heterocycles. The Kier molecular flexibility index (Phi) is 5.81. The summed E-state index contributed by atoms with van der Waals surface area (Å²) in [6.45, 7) is 2.48. The highest BCUT2D eigenvalue weighted by molar-refractivity contribution is 6.38. The first kappa shape index (κ1) is 16.3. The average molecular weight is 337 g/mol. The maximum Gasteiger partial charge on any atom is 0.271 e. The number of carbonyl (C=O) groups is 1. The molecule has 0 aromatic heterocycles. The molecule has 2 aromatic carbocycles. The minimum atomic E-state index is -0.331. The SMILES string of the molecule is CCOc1ccc(C(=O)NN=Cc2c(Cl)cccc2Cl)cc1. The number of amides is 1. The highest BCUT2D eigenvalue weighted by Crippen LogP contribution is 2.22. The minimum Gasteiger partial charge on any atom is -0.494 e. The van der Waals surface area contributed by atoms with Crippen LogP contribution >= 0.6 is 23.2 Å². The molecular weight excluding hydrogens is 323 g/mol. The van der Waals surface area contributed by atoms with E-state index in [9.17, 15) is 4.79 Å². The number of carbonyl (C=O) groups excluding carboxylic acids is 1. The fourth-order valence-corrected chi connectivity index (χ4v) is 2.22. The topological polar surface area (TPSA) is 50.7 Å². The van der Waals surface area contributed by atoms with Gasteiger partial charge in [-0.3, -0.25) is 4.79 Å². The Morgan fingerprint density at radius 3 is 2.41 bits per heavy atom. The van der Waals surface area contributed by atoms with Gasteiger partial charge in [-0.15, -0.1) is 0 Å². The first-order chi connectivity index (χ1) is 10.6. The van der Waals surface area contributed by atoms with Gasteiger partial charge in [0, 0.05) is 11.1 Å². The molecule has 0 saturated carbocycles. The molecule has 22 heavy (non-hydrogen) atoms. The summed E-state index contributed by atoms with van der Waals surface area (Å²) in [6.07, 6.45) is 1.41. The Labute approximate surface area is 138 Å². The molecule has 4 nitrogen and oxygen atoms in total. The monoisotopic (exact) mass is 336 g/mol. The van der Waals surface area contributed by atoms with Crippen molar-refractivity contribution in [3.05, 3.63) is 63.6 Å². The Balaban J connectivity index is 2.01. The predicted octanol–water partition coefficient (Wildman–Crippen LogP) is 4.16. The standard InChI is InChI=1S/C16H14Cl2N2O2/c1-2-22-12-8-6-11(7-9-12)16(21)20-19-10-13-14(17)4-3-5-15(13)18/h3-10H,2H2,1H3,(H,20,21). The first-order valence-corrected chi connectivity index (χ1v) is 7.37. The van der Waals surface area contributed by atoms with Gasteiger partial charge < -0.3 is 4.74 Å². The number of nitrogens with one attached hydrogen (secondary N) is 1. The van der Waals surface area contributed by atoms with Crippen molar-refractivity contribution >= 4 is 35.3 Å². The zero-order valence-corrected chi connectivity index (χ0v) is 13.4. The molecule has 0 unspecified atom stereocenters. The second kappa shape index (κ2) is 7.82. The van der Waals surface area contributed by atoms with Gasteiger partial charge in [0.1, 0.15) is 5.75 Å². The number of halogens is 2. The zero-order valence-electron chi connectivity index (χ0n) is 11.8. The number of ether oxygens (including phenoxy) is 1. The molecule has 0 atom stereocenters. The molecule has 114 valence electrons. The van der Waals surface area contributed by atoms with E-state index in [0.717, 1.165) is 0 Å². The van der Waals surface area contributed by atoms with Crippen LogP contribution in [-0.4, -0.2) is 18.7 Å². The van der Waals surface area contributed by atoms with Gasteiger partial charge in [0.2, 0.25) is 0 Å². The largest absolute Gasteiger partial charge is 0.494 e. The van der Waals surface area contributed by atoms with Gasteiger partial charge in [-0.1, -0.05) is 29.3 Å². The normalized spacial score (nSPS) is 10.7. The Bertz CT molecular complexity index is 665. The van der Waals surface area contributed by atoms with Crippen LogP contribution in [0, 0.1) is 0 Å². The van der Waals surface area contributed by atoms with E-state index >= 15 is 0 Å². The zero-order chi connectivity index (χ0) is 15.9. The second-order valence-electron chi connectivity index (χ2n) is 4.29. The van der Waals surface area contributed by atoms with E-state index in [1.807, 2.05) is 6.92 Å². The van der Waals surface area contributed by atoms with Crippen molar-refractivity contribution in [3.8, 4) is 5.75 Å². The van der Waals surface area contributed by atoms with Crippen molar-refractivity contribution in [2.24, 2.45) is 5.10 Å². The fraction of sp³-hybridized carbons (Fsp3) is 0.125. The van der Waals surface area contributed by atoms with Crippen LogP contribution < -0.4 is 10.2 Å². The lowest BCUT2D eigenvalue weighted by atomic mass is 10.2. The second-order valence-corrected chi connectivity index (χ2v) is 5.11. The lowest BCUT2D eigenvalue weighted by Crippen LogP contribution is -2.17. The Morgan fingerprint density at radius 1 is 1.18 bits per heavy atom. The maximum absolute atomic E-state index is 11.9. The van der Waals surface area contributed by atoms with Crippen LogP contribution in [0.4, 0.5) is 0 Å². The molecule has 0 radical (unpaired) electrons. The van der Waals surface area contributed by atoms with Gasteiger partial charge in [0.15, 0.2) is 0 Å². The van der Waals surface area contributed by atoms with Crippen LogP contribution in [0.3, 0.4) is 0 Å². The summed E-state index contributed by atoms with van der Waals surface area (Å²) >= 11 is 12.0. The quantitative estimate of drug-likeness (QED) is 0.658. The molecule has 6 heteroatoms. The summed E-state index contributed by atoms with van der Waals surface area (Å²) in [4.78, 5) is 11.9. The molecule has 0 saturated heterocycles. The van der Waals surface area contributed by atoms with Crippen molar-refractivity contribution in [3.63, 3.8) is 0 Å².